The highest BCUT2D eigenvalue weighted by Crippen LogP contribution is 2.18. The number of nitrogen functional groups attached to an aromatic ring is 1. The number of hydrogen-bond acceptors (Lipinski definition) is 5. The lowest BCUT2D eigenvalue weighted by Gasteiger charge is -2.11. The van der Waals surface area contributed by atoms with Crippen LogP contribution in [0.4, 0.5) is 5.82 Å². The first-order chi connectivity index (χ1) is 10.5. The van der Waals surface area contributed by atoms with Gasteiger partial charge in [-0.25, -0.2) is 9.97 Å². The zero-order valence-electron chi connectivity index (χ0n) is 13.1. The third-order valence-electron chi connectivity index (χ3n) is 3.18. The quantitative estimate of drug-likeness (QED) is 0.870. The molecule has 0 radical (unpaired) electrons. The number of nitrogens with zero attached hydrogens (tertiary/aromatic N) is 3. The predicted molar refractivity (Wildman–Crippen MR) is 87.5 cm³/mol. The maximum Gasteiger partial charge on any atom is 0.256 e. The summed E-state index contributed by atoms with van der Waals surface area (Å²) in [6, 6.07) is 7.83. The van der Waals surface area contributed by atoms with Gasteiger partial charge in [0.05, 0.1) is 5.56 Å². The molecular formula is C16H21N5O. The van der Waals surface area contributed by atoms with E-state index in [4.69, 9.17) is 5.73 Å². The molecule has 2 rings (SSSR count). The molecule has 0 saturated heterocycles. The Labute approximate surface area is 130 Å². The second-order valence-corrected chi connectivity index (χ2v) is 5.42. The smallest absolute Gasteiger partial charge is 0.256 e. The first-order valence-electron chi connectivity index (χ1n) is 7.10. The molecule has 1 heterocycles. The number of nitrogens with two attached hydrogens (primary N) is 1. The molecule has 116 valence electrons. The van der Waals surface area contributed by atoms with Gasteiger partial charge in [-0.2, -0.15) is 0 Å². The Morgan fingerprint density at radius 1 is 1.36 bits per heavy atom. The Balaban J connectivity index is 2.14. The minimum absolute atomic E-state index is 0.189. The number of likely N-dealkylation sites (N-methyl/N-ethyl adjacent to an activating group) is 1. The maximum atomic E-state index is 12.1. The standard InChI is InChI=1S/C16H21N5O/c1-11-5-4-6-12(9-11)15-19-10-13(14(17)20-15)16(22)18-7-8-21(2)3/h4-6,9-10H,7-8H2,1-3H3,(H,18,22)(H2,17,19,20). The predicted octanol–water partition coefficient (Wildman–Crippen LogP) is 1.33. The van der Waals surface area contributed by atoms with Crippen LogP contribution in [-0.4, -0.2) is 48.0 Å². The van der Waals surface area contributed by atoms with Crippen molar-refractivity contribution < 1.29 is 4.79 Å². The van der Waals surface area contributed by atoms with Crippen LogP contribution >= 0.6 is 0 Å². The van der Waals surface area contributed by atoms with Gasteiger partial charge in [-0.15, -0.1) is 0 Å². The maximum absolute atomic E-state index is 12.1. The molecule has 0 aliphatic carbocycles. The molecule has 6 heteroatoms. The summed E-state index contributed by atoms with van der Waals surface area (Å²) in [6.45, 7) is 3.30. The average molecular weight is 299 g/mol. The number of anilines is 1. The van der Waals surface area contributed by atoms with E-state index in [9.17, 15) is 4.79 Å². The Kier molecular flexibility index (Phi) is 5.06. The first kappa shape index (κ1) is 15.9. The number of aryl methyl sites for hydroxylation is 1. The van der Waals surface area contributed by atoms with Gasteiger partial charge in [-0.05, 0) is 27.1 Å². The van der Waals surface area contributed by atoms with Gasteiger partial charge in [0, 0.05) is 24.8 Å². The molecule has 0 aliphatic rings. The Bertz CT molecular complexity index is 669. The number of rotatable bonds is 5. The van der Waals surface area contributed by atoms with Gasteiger partial charge in [0.25, 0.3) is 5.91 Å². The summed E-state index contributed by atoms with van der Waals surface area (Å²) in [5.41, 5.74) is 8.20. The average Bonchev–Trinajstić information content (AvgIpc) is 2.46. The largest absolute Gasteiger partial charge is 0.383 e. The van der Waals surface area contributed by atoms with E-state index in [0.717, 1.165) is 17.7 Å². The molecule has 0 aliphatic heterocycles. The highest BCUT2D eigenvalue weighted by atomic mass is 16.1. The van der Waals surface area contributed by atoms with Crippen LogP contribution in [0.25, 0.3) is 11.4 Å². The molecular weight excluding hydrogens is 278 g/mol. The summed E-state index contributed by atoms with van der Waals surface area (Å²) in [6.07, 6.45) is 1.48. The lowest BCUT2D eigenvalue weighted by atomic mass is 10.1. The molecule has 0 spiro atoms. The van der Waals surface area contributed by atoms with E-state index in [1.54, 1.807) is 0 Å². The fourth-order valence-corrected chi connectivity index (χ4v) is 1.98. The van der Waals surface area contributed by atoms with E-state index in [-0.39, 0.29) is 11.7 Å². The molecule has 2 aromatic rings. The van der Waals surface area contributed by atoms with Gasteiger partial charge in [0.15, 0.2) is 5.82 Å². The van der Waals surface area contributed by atoms with Crippen LogP contribution in [0, 0.1) is 6.92 Å². The molecule has 3 N–H and O–H groups in total. The number of carbonyl (C=O) groups excluding carboxylic acids is 1. The summed E-state index contributed by atoms with van der Waals surface area (Å²) in [5.74, 6) is 0.454. The van der Waals surface area contributed by atoms with Crippen LogP contribution < -0.4 is 11.1 Å². The number of amides is 1. The van der Waals surface area contributed by atoms with Crippen LogP contribution in [0.15, 0.2) is 30.5 Å². The second kappa shape index (κ2) is 7.00. The lowest BCUT2D eigenvalue weighted by Crippen LogP contribution is -2.32. The van der Waals surface area contributed by atoms with Crippen molar-refractivity contribution in [1.82, 2.24) is 20.2 Å². The summed E-state index contributed by atoms with van der Waals surface area (Å²) < 4.78 is 0. The van der Waals surface area contributed by atoms with Gasteiger partial charge in [-0.3, -0.25) is 4.79 Å². The minimum atomic E-state index is -0.254. The van der Waals surface area contributed by atoms with Crippen molar-refractivity contribution in [1.29, 1.82) is 0 Å². The molecule has 22 heavy (non-hydrogen) atoms. The minimum Gasteiger partial charge on any atom is -0.383 e. The molecule has 1 aromatic heterocycles. The van der Waals surface area contributed by atoms with Crippen molar-refractivity contribution in [3.8, 4) is 11.4 Å². The molecule has 0 atom stereocenters. The highest BCUT2D eigenvalue weighted by molar-refractivity contribution is 5.98. The molecule has 0 unspecified atom stereocenters. The van der Waals surface area contributed by atoms with Crippen LogP contribution in [-0.2, 0) is 0 Å². The zero-order chi connectivity index (χ0) is 16.1. The highest BCUT2D eigenvalue weighted by Gasteiger charge is 2.13. The third kappa shape index (κ3) is 4.02. The van der Waals surface area contributed by atoms with Crippen molar-refractivity contribution in [2.45, 2.75) is 6.92 Å². The molecule has 0 saturated carbocycles. The number of benzene rings is 1. The summed E-state index contributed by atoms with van der Waals surface area (Å²) in [4.78, 5) is 22.5. The van der Waals surface area contributed by atoms with Gasteiger partial charge in [0.1, 0.15) is 5.82 Å². The normalized spacial score (nSPS) is 10.7. The van der Waals surface area contributed by atoms with E-state index in [1.807, 2.05) is 50.2 Å². The monoisotopic (exact) mass is 299 g/mol. The van der Waals surface area contributed by atoms with E-state index in [1.165, 1.54) is 6.20 Å². The topological polar surface area (TPSA) is 84.1 Å². The van der Waals surface area contributed by atoms with Crippen molar-refractivity contribution >= 4 is 11.7 Å². The first-order valence-corrected chi connectivity index (χ1v) is 7.10. The Hall–Kier alpha value is -2.47. The number of nitrogens with one attached hydrogen (secondary N) is 1. The SMILES string of the molecule is Cc1cccc(-c2ncc(C(=O)NCCN(C)C)c(N)n2)c1. The Morgan fingerprint density at radius 3 is 2.77 bits per heavy atom. The lowest BCUT2D eigenvalue weighted by molar-refractivity contribution is 0.0951. The van der Waals surface area contributed by atoms with Crippen molar-refractivity contribution in [3.05, 3.63) is 41.6 Å². The van der Waals surface area contributed by atoms with Gasteiger partial charge in [0.2, 0.25) is 0 Å². The third-order valence-corrected chi connectivity index (χ3v) is 3.18. The number of hydrogen-bond donors (Lipinski definition) is 2. The van der Waals surface area contributed by atoms with Crippen molar-refractivity contribution in [3.63, 3.8) is 0 Å². The van der Waals surface area contributed by atoms with Gasteiger partial charge in [-0.1, -0.05) is 23.8 Å². The van der Waals surface area contributed by atoms with E-state index in [2.05, 4.69) is 15.3 Å². The molecule has 6 nitrogen and oxygen atoms in total. The van der Waals surface area contributed by atoms with E-state index in [0.29, 0.717) is 17.9 Å². The van der Waals surface area contributed by atoms with Crippen molar-refractivity contribution in [2.75, 3.05) is 32.9 Å². The molecule has 0 bridgehead atoms. The molecule has 0 fully saturated rings. The zero-order valence-corrected chi connectivity index (χ0v) is 13.1. The molecule has 1 amide bonds. The van der Waals surface area contributed by atoms with Gasteiger partial charge < -0.3 is 16.0 Å². The number of aromatic nitrogens is 2. The van der Waals surface area contributed by atoms with Crippen LogP contribution in [0.5, 0.6) is 0 Å². The Morgan fingerprint density at radius 2 is 2.14 bits per heavy atom. The fraction of sp³-hybridized carbons (Fsp3) is 0.312. The summed E-state index contributed by atoms with van der Waals surface area (Å²) in [7, 11) is 3.89. The second-order valence-electron chi connectivity index (χ2n) is 5.42. The summed E-state index contributed by atoms with van der Waals surface area (Å²) >= 11 is 0. The van der Waals surface area contributed by atoms with E-state index >= 15 is 0 Å². The summed E-state index contributed by atoms with van der Waals surface area (Å²) in [5, 5.41) is 2.80. The van der Waals surface area contributed by atoms with Crippen LogP contribution in [0.2, 0.25) is 0 Å². The number of carbonyl (C=O) groups is 1. The van der Waals surface area contributed by atoms with Crippen LogP contribution in [0.1, 0.15) is 15.9 Å². The van der Waals surface area contributed by atoms with Gasteiger partial charge >= 0.3 is 0 Å². The fourth-order valence-electron chi connectivity index (χ4n) is 1.98. The van der Waals surface area contributed by atoms with E-state index < -0.39 is 0 Å². The van der Waals surface area contributed by atoms with Crippen LogP contribution in [0.3, 0.4) is 0 Å². The van der Waals surface area contributed by atoms with Crippen molar-refractivity contribution in [2.24, 2.45) is 0 Å². The molecule has 1 aromatic carbocycles.